The molecule has 0 aromatic rings. The van der Waals surface area contributed by atoms with Crippen molar-refractivity contribution in [2.75, 3.05) is 26.8 Å². The molecule has 0 aliphatic carbocycles. The maximum absolute atomic E-state index is 11.7. The maximum atomic E-state index is 11.7. The van der Waals surface area contributed by atoms with Crippen LogP contribution in [0.15, 0.2) is 12.7 Å². The van der Waals surface area contributed by atoms with E-state index in [4.69, 9.17) is 10.5 Å². The number of ether oxygens (including phenoxy) is 1. The van der Waals surface area contributed by atoms with Gasteiger partial charge in [0.1, 0.15) is 0 Å². The summed E-state index contributed by atoms with van der Waals surface area (Å²) in [5.74, 6) is 0.115. The number of hydrogen-bond donors (Lipinski definition) is 1. The molecule has 0 fully saturated rings. The first-order chi connectivity index (χ1) is 7.11. The van der Waals surface area contributed by atoms with Crippen LogP contribution in [0.25, 0.3) is 0 Å². The Morgan fingerprint density at radius 3 is 2.80 bits per heavy atom. The fourth-order valence-corrected chi connectivity index (χ4v) is 1.18. The smallest absolute Gasteiger partial charge is 0.222 e. The van der Waals surface area contributed by atoms with Crippen LogP contribution in [0.2, 0.25) is 0 Å². The van der Waals surface area contributed by atoms with Gasteiger partial charge in [-0.1, -0.05) is 6.08 Å². The second-order valence-electron chi connectivity index (χ2n) is 3.64. The van der Waals surface area contributed by atoms with Crippen LogP contribution in [0.5, 0.6) is 0 Å². The molecule has 0 saturated heterocycles. The Morgan fingerprint density at radius 1 is 1.67 bits per heavy atom. The SMILES string of the molecule is C=CCN(CCOC)C(=O)CCC(C)N. The first-order valence-electron chi connectivity index (χ1n) is 5.25. The molecule has 0 aromatic heterocycles. The van der Waals surface area contributed by atoms with E-state index >= 15 is 0 Å². The lowest BCUT2D eigenvalue weighted by molar-refractivity contribution is -0.131. The van der Waals surface area contributed by atoms with Crippen molar-refractivity contribution < 1.29 is 9.53 Å². The van der Waals surface area contributed by atoms with Crippen molar-refractivity contribution in [3.63, 3.8) is 0 Å². The zero-order valence-corrected chi connectivity index (χ0v) is 9.74. The highest BCUT2D eigenvalue weighted by Crippen LogP contribution is 2.00. The van der Waals surface area contributed by atoms with Gasteiger partial charge < -0.3 is 15.4 Å². The molecule has 1 amide bonds. The molecule has 0 aromatic carbocycles. The van der Waals surface area contributed by atoms with E-state index in [1.54, 1.807) is 18.1 Å². The Kier molecular flexibility index (Phi) is 7.95. The summed E-state index contributed by atoms with van der Waals surface area (Å²) in [6.07, 6.45) is 2.94. The largest absolute Gasteiger partial charge is 0.383 e. The fraction of sp³-hybridized carbons (Fsp3) is 0.727. The van der Waals surface area contributed by atoms with E-state index in [-0.39, 0.29) is 11.9 Å². The third kappa shape index (κ3) is 7.11. The first-order valence-corrected chi connectivity index (χ1v) is 5.25. The molecule has 0 spiro atoms. The number of carbonyl (C=O) groups excluding carboxylic acids is 1. The van der Waals surface area contributed by atoms with E-state index in [1.165, 1.54) is 0 Å². The van der Waals surface area contributed by atoms with E-state index in [1.807, 2.05) is 6.92 Å². The summed E-state index contributed by atoms with van der Waals surface area (Å²) in [7, 11) is 1.62. The Bertz CT molecular complexity index is 193. The number of amides is 1. The van der Waals surface area contributed by atoms with Gasteiger partial charge in [0, 0.05) is 32.7 Å². The third-order valence-electron chi connectivity index (χ3n) is 2.08. The highest BCUT2D eigenvalue weighted by atomic mass is 16.5. The number of rotatable bonds is 8. The molecule has 0 rings (SSSR count). The molecule has 0 bridgehead atoms. The van der Waals surface area contributed by atoms with Crippen molar-refractivity contribution in [1.29, 1.82) is 0 Å². The molecule has 0 aliphatic rings. The van der Waals surface area contributed by atoms with Gasteiger partial charge in [-0.25, -0.2) is 0 Å². The van der Waals surface area contributed by atoms with Crippen LogP contribution in [0.3, 0.4) is 0 Å². The molecule has 0 radical (unpaired) electrons. The van der Waals surface area contributed by atoms with Crippen molar-refractivity contribution in [3.05, 3.63) is 12.7 Å². The summed E-state index contributed by atoms with van der Waals surface area (Å²) in [4.78, 5) is 13.4. The van der Waals surface area contributed by atoms with E-state index in [0.717, 1.165) is 6.42 Å². The van der Waals surface area contributed by atoms with Crippen LogP contribution in [-0.2, 0) is 9.53 Å². The van der Waals surface area contributed by atoms with E-state index in [2.05, 4.69) is 6.58 Å². The summed E-state index contributed by atoms with van der Waals surface area (Å²) in [5.41, 5.74) is 5.60. The van der Waals surface area contributed by atoms with Crippen molar-refractivity contribution in [3.8, 4) is 0 Å². The average molecular weight is 214 g/mol. The summed E-state index contributed by atoms with van der Waals surface area (Å²) < 4.78 is 4.94. The molecule has 4 nitrogen and oxygen atoms in total. The minimum Gasteiger partial charge on any atom is -0.383 e. The maximum Gasteiger partial charge on any atom is 0.222 e. The number of methoxy groups -OCH3 is 1. The number of nitrogens with two attached hydrogens (primary N) is 1. The molecule has 88 valence electrons. The monoisotopic (exact) mass is 214 g/mol. The number of nitrogens with zero attached hydrogens (tertiary/aromatic N) is 1. The van der Waals surface area contributed by atoms with E-state index in [0.29, 0.717) is 26.1 Å². The topological polar surface area (TPSA) is 55.6 Å². The van der Waals surface area contributed by atoms with Crippen LogP contribution in [0.1, 0.15) is 19.8 Å². The third-order valence-corrected chi connectivity index (χ3v) is 2.08. The zero-order valence-electron chi connectivity index (χ0n) is 9.74. The van der Waals surface area contributed by atoms with Gasteiger partial charge in [0.05, 0.1) is 6.61 Å². The van der Waals surface area contributed by atoms with Crippen molar-refractivity contribution in [2.45, 2.75) is 25.8 Å². The Hall–Kier alpha value is -0.870. The summed E-state index contributed by atoms with van der Waals surface area (Å²) in [6, 6.07) is 0.0713. The normalized spacial score (nSPS) is 12.2. The highest BCUT2D eigenvalue weighted by molar-refractivity contribution is 5.76. The lowest BCUT2D eigenvalue weighted by atomic mass is 10.2. The van der Waals surface area contributed by atoms with Gasteiger partial charge in [-0.2, -0.15) is 0 Å². The summed E-state index contributed by atoms with van der Waals surface area (Å²) in [6.45, 7) is 7.27. The van der Waals surface area contributed by atoms with Crippen molar-refractivity contribution in [2.24, 2.45) is 5.73 Å². The van der Waals surface area contributed by atoms with Crippen LogP contribution < -0.4 is 5.73 Å². The molecule has 4 heteroatoms. The second kappa shape index (κ2) is 8.44. The van der Waals surface area contributed by atoms with Crippen molar-refractivity contribution >= 4 is 5.91 Å². The predicted molar refractivity (Wildman–Crippen MR) is 61.5 cm³/mol. The number of hydrogen-bond acceptors (Lipinski definition) is 3. The van der Waals surface area contributed by atoms with Gasteiger partial charge in [0.2, 0.25) is 5.91 Å². The Balaban J connectivity index is 3.97. The molecule has 0 saturated carbocycles. The van der Waals surface area contributed by atoms with Gasteiger partial charge in [-0.05, 0) is 13.3 Å². The van der Waals surface area contributed by atoms with Gasteiger partial charge in [-0.15, -0.1) is 6.58 Å². The zero-order chi connectivity index (χ0) is 11.7. The van der Waals surface area contributed by atoms with E-state index < -0.39 is 0 Å². The van der Waals surface area contributed by atoms with Gasteiger partial charge in [-0.3, -0.25) is 4.79 Å². The predicted octanol–water partition coefficient (Wildman–Crippen LogP) is 0.775. The quantitative estimate of drug-likeness (QED) is 0.607. The highest BCUT2D eigenvalue weighted by Gasteiger charge is 2.11. The lowest BCUT2D eigenvalue weighted by Crippen LogP contribution is -2.34. The number of carbonyl (C=O) groups is 1. The lowest BCUT2D eigenvalue weighted by Gasteiger charge is -2.21. The van der Waals surface area contributed by atoms with Crippen LogP contribution in [0.4, 0.5) is 0 Å². The first kappa shape index (κ1) is 14.1. The Morgan fingerprint density at radius 2 is 2.33 bits per heavy atom. The minimum absolute atomic E-state index is 0.0713. The van der Waals surface area contributed by atoms with Gasteiger partial charge in [0.15, 0.2) is 0 Å². The average Bonchev–Trinajstić information content (AvgIpc) is 2.20. The molecule has 0 heterocycles. The second-order valence-corrected chi connectivity index (χ2v) is 3.64. The molecular weight excluding hydrogens is 192 g/mol. The standard InChI is InChI=1S/C11H22N2O2/c1-4-7-13(8-9-15-3)11(14)6-5-10(2)12/h4,10H,1,5-9,12H2,2-3H3. The molecular formula is C11H22N2O2. The van der Waals surface area contributed by atoms with Crippen LogP contribution >= 0.6 is 0 Å². The fourth-order valence-electron chi connectivity index (χ4n) is 1.18. The van der Waals surface area contributed by atoms with Crippen LogP contribution in [-0.4, -0.2) is 43.7 Å². The molecule has 2 N–H and O–H groups in total. The molecule has 1 atom stereocenters. The minimum atomic E-state index is 0.0713. The van der Waals surface area contributed by atoms with E-state index in [9.17, 15) is 4.79 Å². The summed E-state index contributed by atoms with van der Waals surface area (Å²) >= 11 is 0. The van der Waals surface area contributed by atoms with Gasteiger partial charge in [0.25, 0.3) is 0 Å². The Labute approximate surface area is 92.1 Å². The summed E-state index contributed by atoms with van der Waals surface area (Å²) in [5, 5.41) is 0. The van der Waals surface area contributed by atoms with Gasteiger partial charge >= 0.3 is 0 Å². The molecule has 15 heavy (non-hydrogen) atoms. The molecule has 0 aliphatic heterocycles. The van der Waals surface area contributed by atoms with Crippen molar-refractivity contribution in [1.82, 2.24) is 4.90 Å². The molecule has 1 unspecified atom stereocenters. The van der Waals surface area contributed by atoms with Crippen LogP contribution in [0, 0.1) is 0 Å².